The van der Waals surface area contributed by atoms with Gasteiger partial charge in [0.1, 0.15) is 11.6 Å². The summed E-state index contributed by atoms with van der Waals surface area (Å²) in [6.45, 7) is 3.48. The van der Waals surface area contributed by atoms with Crippen molar-refractivity contribution in [3.05, 3.63) is 34.9 Å². The number of hydrogen-bond donors (Lipinski definition) is 1. The van der Waals surface area contributed by atoms with Crippen LogP contribution in [0, 0.1) is 18.6 Å². The van der Waals surface area contributed by atoms with Crippen molar-refractivity contribution in [3.63, 3.8) is 0 Å². The van der Waals surface area contributed by atoms with E-state index in [1.807, 2.05) is 6.92 Å². The van der Waals surface area contributed by atoms with Crippen molar-refractivity contribution in [3.8, 4) is 0 Å². The maximum atomic E-state index is 13.5. The van der Waals surface area contributed by atoms with E-state index in [4.69, 9.17) is 0 Å². The molecule has 0 heterocycles. The van der Waals surface area contributed by atoms with Crippen LogP contribution in [0.2, 0.25) is 0 Å². The molecular weight excluding hydrogens is 218 g/mol. The highest BCUT2D eigenvalue weighted by Gasteiger charge is 2.19. The minimum atomic E-state index is -1.07. The number of hydrogen-bond acceptors (Lipinski definition) is 2. The quantitative estimate of drug-likeness (QED) is 0.861. The van der Waals surface area contributed by atoms with Gasteiger partial charge >= 0.3 is 0 Å². The van der Waals surface area contributed by atoms with Gasteiger partial charge < -0.3 is 5.11 Å². The molecule has 1 N–H and O–H groups in total. The predicted octanol–water partition coefficient (Wildman–Crippen LogP) is 3.06. The summed E-state index contributed by atoms with van der Waals surface area (Å²) >= 11 is 1.45. The van der Waals surface area contributed by atoms with Crippen molar-refractivity contribution in [2.75, 3.05) is 11.5 Å². The Morgan fingerprint density at radius 2 is 2.07 bits per heavy atom. The summed E-state index contributed by atoms with van der Waals surface area (Å²) in [7, 11) is 0. The average Bonchev–Trinajstić information content (AvgIpc) is 2.21. The standard InChI is InChI=1S/C11H14F2OS/c1-3-15-6-9(14)10-8(12)5-4-7(2)11(10)13/h4-5,9,14H,3,6H2,1-2H3. The van der Waals surface area contributed by atoms with Crippen molar-refractivity contribution in [2.24, 2.45) is 0 Å². The summed E-state index contributed by atoms with van der Waals surface area (Å²) in [6.07, 6.45) is -1.07. The summed E-state index contributed by atoms with van der Waals surface area (Å²) in [5.41, 5.74) is 0.142. The lowest BCUT2D eigenvalue weighted by atomic mass is 10.1. The highest BCUT2D eigenvalue weighted by Crippen LogP contribution is 2.25. The first-order chi connectivity index (χ1) is 7.07. The number of aliphatic hydroxyl groups excluding tert-OH is 1. The number of benzene rings is 1. The van der Waals surface area contributed by atoms with Gasteiger partial charge in [0.05, 0.1) is 11.7 Å². The van der Waals surface area contributed by atoms with E-state index >= 15 is 0 Å². The van der Waals surface area contributed by atoms with Gasteiger partial charge in [-0.25, -0.2) is 8.78 Å². The van der Waals surface area contributed by atoms with Crippen LogP contribution in [0.25, 0.3) is 0 Å². The van der Waals surface area contributed by atoms with E-state index in [-0.39, 0.29) is 5.56 Å². The molecule has 0 aliphatic rings. The molecule has 0 saturated heterocycles. The summed E-state index contributed by atoms with van der Waals surface area (Å²) in [4.78, 5) is 0. The molecule has 0 bridgehead atoms. The Kier molecular flexibility index (Phi) is 4.54. The molecule has 0 saturated carbocycles. The van der Waals surface area contributed by atoms with Crippen LogP contribution in [-0.2, 0) is 0 Å². The molecule has 15 heavy (non-hydrogen) atoms. The van der Waals surface area contributed by atoms with E-state index in [1.165, 1.54) is 23.9 Å². The Bertz CT molecular complexity index is 342. The SMILES string of the molecule is CCSCC(O)c1c(F)ccc(C)c1F. The monoisotopic (exact) mass is 232 g/mol. The van der Waals surface area contributed by atoms with Crippen molar-refractivity contribution in [2.45, 2.75) is 20.0 Å². The topological polar surface area (TPSA) is 20.2 Å². The van der Waals surface area contributed by atoms with Gasteiger partial charge in [-0.1, -0.05) is 13.0 Å². The summed E-state index contributed by atoms with van der Waals surface area (Å²) < 4.78 is 26.8. The van der Waals surface area contributed by atoms with Crippen LogP contribution in [0.3, 0.4) is 0 Å². The zero-order valence-electron chi connectivity index (χ0n) is 8.76. The molecule has 0 aliphatic heterocycles. The van der Waals surface area contributed by atoms with Gasteiger partial charge in [-0.15, -0.1) is 0 Å². The first-order valence-corrected chi connectivity index (χ1v) is 5.93. The van der Waals surface area contributed by atoms with Crippen LogP contribution in [-0.4, -0.2) is 16.6 Å². The predicted molar refractivity (Wildman–Crippen MR) is 59.1 cm³/mol. The lowest BCUT2D eigenvalue weighted by Gasteiger charge is -2.13. The van der Waals surface area contributed by atoms with Crippen molar-refractivity contribution >= 4 is 11.8 Å². The van der Waals surface area contributed by atoms with Gasteiger partial charge in [0.25, 0.3) is 0 Å². The third-order valence-electron chi connectivity index (χ3n) is 2.13. The molecule has 0 spiro atoms. The fourth-order valence-corrected chi connectivity index (χ4v) is 1.92. The van der Waals surface area contributed by atoms with Crippen molar-refractivity contribution in [1.29, 1.82) is 0 Å². The Labute approximate surface area is 92.5 Å². The minimum Gasteiger partial charge on any atom is -0.387 e. The van der Waals surface area contributed by atoms with Crippen LogP contribution < -0.4 is 0 Å². The summed E-state index contributed by atoms with van der Waals surface area (Å²) in [5.74, 6) is -0.193. The third kappa shape index (κ3) is 2.92. The molecule has 0 amide bonds. The largest absolute Gasteiger partial charge is 0.387 e. The fraction of sp³-hybridized carbons (Fsp3) is 0.455. The van der Waals surface area contributed by atoms with E-state index in [9.17, 15) is 13.9 Å². The number of thioether (sulfide) groups is 1. The van der Waals surface area contributed by atoms with Gasteiger partial charge in [-0.05, 0) is 24.3 Å². The molecule has 0 radical (unpaired) electrons. The Morgan fingerprint density at radius 1 is 1.40 bits per heavy atom. The van der Waals surface area contributed by atoms with Crippen LogP contribution in [0.1, 0.15) is 24.2 Å². The normalized spacial score (nSPS) is 12.9. The zero-order valence-corrected chi connectivity index (χ0v) is 9.57. The molecule has 0 aromatic heterocycles. The molecule has 4 heteroatoms. The zero-order chi connectivity index (χ0) is 11.4. The molecule has 0 fully saturated rings. The van der Waals surface area contributed by atoms with E-state index < -0.39 is 17.7 Å². The van der Waals surface area contributed by atoms with E-state index in [0.717, 1.165) is 5.75 Å². The Balaban J connectivity index is 2.96. The average molecular weight is 232 g/mol. The summed E-state index contributed by atoms with van der Waals surface area (Å²) in [5, 5.41) is 9.64. The van der Waals surface area contributed by atoms with Crippen LogP contribution in [0.4, 0.5) is 8.78 Å². The minimum absolute atomic E-state index is 0.212. The highest BCUT2D eigenvalue weighted by atomic mass is 32.2. The van der Waals surface area contributed by atoms with Gasteiger partial charge in [0, 0.05) is 5.75 Å². The number of aliphatic hydroxyl groups is 1. The smallest absolute Gasteiger partial charge is 0.134 e. The fourth-order valence-electron chi connectivity index (χ4n) is 1.30. The molecule has 1 unspecified atom stereocenters. The Morgan fingerprint density at radius 3 is 2.67 bits per heavy atom. The number of halogens is 2. The Hall–Kier alpha value is -0.610. The van der Waals surface area contributed by atoms with Crippen LogP contribution in [0.15, 0.2) is 12.1 Å². The lowest BCUT2D eigenvalue weighted by molar-refractivity contribution is 0.193. The lowest BCUT2D eigenvalue weighted by Crippen LogP contribution is -2.08. The number of aryl methyl sites for hydroxylation is 1. The van der Waals surface area contributed by atoms with Gasteiger partial charge in [-0.3, -0.25) is 0 Å². The first-order valence-electron chi connectivity index (χ1n) is 4.78. The second-order valence-electron chi connectivity index (χ2n) is 3.27. The van der Waals surface area contributed by atoms with E-state index in [1.54, 1.807) is 6.92 Å². The molecule has 1 rings (SSSR count). The molecule has 84 valence electrons. The maximum absolute atomic E-state index is 13.5. The first kappa shape index (κ1) is 12.5. The van der Waals surface area contributed by atoms with Gasteiger partial charge in [0.15, 0.2) is 0 Å². The highest BCUT2D eigenvalue weighted by molar-refractivity contribution is 7.99. The van der Waals surface area contributed by atoms with Crippen molar-refractivity contribution < 1.29 is 13.9 Å². The van der Waals surface area contributed by atoms with Gasteiger partial charge in [0.2, 0.25) is 0 Å². The molecule has 1 atom stereocenters. The van der Waals surface area contributed by atoms with E-state index in [2.05, 4.69) is 0 Å². The van der Waals surface area contributed by atoms with Crippen LogP contribution in [0.5, 0.6) is 0 Å². The van der Waals surface area contributed by atoms with Gasteiger partial charge in [-0.2, -0.15) is 11.8 Å². The molecule has 0 aliphatic carbocycles. The molecular formula is C11H14F2OS. The maximum Gasteiger partial charge on any atom is 0.134 e. The second kappa shape index (κ2) is 5.47. The van der Waals surface area contributed by atoms with E-state index in [0.29, 0.717) is 11.3 Å². The van der Waals surface area contributed by atoms with Crippen LogP contribution >= 0.6 is 11.8 Å². The van der Waals surface area contributed by atoms with Crippen molar-refractivity contribution in [1.82, 2.24) is 0 Å². The molecule has 1 nitrogen and oxygen atoms in total. The number of rotatable bonds is 4. The summed E-state index contributed by atoms with van der Waals surface area (Å²) in [6, 6.07) is 2.56. The molecule has 1 aromatic carbocycles. The second-order valence-corrected chi connectivity index (χ2v) is 4.59. The molecule has 1 aromatic rings. The third-order valence-corrected chi connectivity index (χ3v) is 3.09.